The van der Waals surface area contributed by atoms with Crippen LogP contribution in [0.15, 0.2) is 48.8 Å². The molecule has 1 aromatic carbocycles. The summed E-state index contributed by atoms with van der Waals surface area (Å²) in [5, 5.41) is 11.6. The molecule has 26 heavy (non-hydrogen) atoms. The lowest BCUT2D eigenvalue weighted by atomic mass is 9.66. The number of likely N-dealkylation sites (tertiary alicyclic amines) is 1. The maximum Gasteiger partial charge on any atom is 0.255 e. The van der Waals surface area contributed by atoms with E-state index in [1.807, 2.05) is 48.2 Å². The number of carbonyl (C=O) groups is 1. The number of piperidine rings is 1. The third kappa shape index (κ3) is 2.82. The van der Waals surface area contributed by atoms with Gasteiger partial charge in [-0.1, -0.05) is 43.2 Å². The average Bonchev–Trinajstić information content (AvgIpc) is 2.69. The van der Waals surface area contributed by atoms with Crippen LogP contribution in [0.25, 0.3) is 0 Å². The number of rotatable bonds is 2. The third-order valence-electron chi connectivity index (χ3n) is 6.28. The second kappa shape index (κ2) is 6.84. The van der Waals surface area contributed by atoms with Gasteiger partial charge >= 0.3 is 0 Å². The van der Waals surface area contributed by atoms with Crippen molar-refractivity contribution >= 4 is 5.91 Å². The van der Waals surface area contributed by atoms with Crippen molar-refractivity contribution in [2.45, 2.75) is 50.7 Å². The largest absolute Gasteiger partial charge is 0.385 e. The Labute approximate surface area is 154 Å². The molecule has 1 aliphatic carbocycles. The Morgan fingerprint density at radius 3 is 2.73 bits per heavy atom. The van der Waals surface area contributed by atoms with Crippen molar-refractivity contribution in [1.29, 1.82) is 0 Å². The first-order valence-electron chi connectivity index (χ1n) is 9.61. The lowest BCUT2D eigenvalue weighted by Gasteiger charge is -2.52. The Bertz CT molecular complexity index is 792. The van der Waals surface area contributed by atoms with Crippen molar-refractivity contribution in [3.8, 4) is 0 Å². The van der Waals surface area contributed by atoms with Crippen LogP contribution in [0.1, 0.15) is 53.6 Å². The number of aromatic nitrogens is 1. The van der Waals surface area contributed by atoms with Gasteiger partial charge in [-0.15, -0.1) is 0 Å². The average molecular weight is 350 g/mol. The number of hydrogen-bond donors (Lipinski definition) is 1. The second-order valence-corrected chi connectivity index (χ2v) is 7.69. The van der Waals surface area contributed by atoms with Crippen molar-refractivity contribution < 1.29 is 9.90 Å². The fourth-order valence-corrected chi connectivity index (χ4v) is 4.86. The first-order valence-corrected chi connectivity index (χ1v) is 9.61. The van der Waals surface area contributed by atoms with Gasteiger partial charge in [0.15, 0.2) is 0 Å². The second-order valence-electron chi connectivity index (χ2n) is 7.69. The number of aliphatic hydroxyl groups is 1. The van der Waals surface area contributed by atoms with Gasteiger partial charge in [-0.05, 0) is 43.4 Å². The summed E-state index contributed by atoms with van der Waals surface area (Å²) in [6.07, 6.45) is 8.14. The highest BCUT2D eigenvalue weighted by Crippen LogP contribution is 2.47. The van der Waals surface area contributed by atoms with Gasteiger partial charge in [-0.25, -0.2) is 0 Å². The highest BCUT2D eigenvalue weighted by Gasteiger charge is 2.50. The number of aryl methyl sites for hydroxylation is 1. The van der Waals surface area contributed by atoms with Crippen molar-refractivity contribution in [2.24, 2.45) is 5.92 Å². The molecule has 1 unspecified atom stereocenters. The van der Waals surface area contributed by atoms with E-state index in [9.17, 15) is 9.90 Å². The molecule has 136 valence electrons. The minimum absolute atomic E-state index is 0.0580. The highest BCUT2D eigenvalue weighted by atomic mass is 16.3. The molecule has 2 fully saturated rings. The first-order chi connectivity index (χ1) is 12.6. The van der Waals surface area contributed by atoms with Gasteiger partial charge in [0.05, 0.1) is 11.2 Å². The van der Waals surface area contributed by atoms with Crippen LogP contribution >= 0.6 is 0 Å². The molecule has 0 radical (unpaired) electrons. The summed E-state index contributed by atoms with van der Waals surface area (Å²) in [5.74, 6) is 0.149. The molecule has 4 nitrogen and oxygen atoms in total. The zero-order valence-corrected chi connectivity index (χ0v) is 15.3. The van der Waals surface area contributed by atoms with E-state index >= 15 is 0 Å². The standard InChI is InChI=1S/C22H26N2O2/c1-16-11-13-23-15-18(16)21(25)24-14-12-22(26,17-7-3-2-4-8-17)19-9-5-6-10-20(19)24/h2-4,7-8,11,13,15,19-20,26H,5-6,9-10,12,14H2,1H3/t19-,20?,22-/m1/s1. The van der Waals surface area contributed by atoms with Crippen molar-refractivity contribution in [3.05, 3.63) is 65.5 Å². The SMILES string of the molecule is Cc1ccncc1C(=O)N1CC[C@@](O)(c2ccccc2)[C@@H]2CCCCC21. The van der Waals surface area contributed by atoms with Gasteiger partial charge in [0, 0.05) is 30.9 Å². The Balaban J connectivity index is 1.67. The van der Waals surface area contributed by atoms with Crippen LogP contribution in [0.3, 0.4) is 0 Å². The van der Waals surface area contributed by atoms with E-state index in [0.717, 1.165) is 36.8 Å². The van der Waals surface area contributed by atoms with Gasteiger partial charge in [-0.3, -0.25) is 9.78 Å². The van der Waals surface area contributed by atoms with Gasteiger partial charge in [0.1, 0.15) is 0 Å². The summed E-state index contributed by atoms with van der Waals surface area (Å²) in [6.45, 7) is 2.54. The fourth-order valence-electron chi connectivity index (χ4n) is 4.86. The van der Waals surface area contributed by atoms with Crippen molar-refractivity contribution in [1.82, 2.24) is 9.88 Å². The van der Waals surface area contributed by atoms with E-state index in [1.54, 1.807) is 12.4 Å². The lowest BCUT2D eigenvalue weighted by molar-refractivity contribution is -0.110. The summed E-state index contributed by atoms with van der Waals surface area (Å²) in [6, 6.07) is 12.0. The molecular formula is C22H26N2O2. The maximum absolute atomic E-state index is 13.2. The first kappa shape index (κ1) is 17.2. The predicted molar refractivity (Wildman–Crippen MR) is 101 cm³/mol. The molecule has 1 saturated heterocycles. The molecule has 1 aliphatic heterocycles. The van der Waals surface area contributed by atoms with E-state index in [2.05, 4.69) is 4.98 Å². The van der Waals surface area contributed by atoms with Crippen LogP contribution in [-0.4, -0.2) is 33.5 Å². The quantitative estimate of drug-likeness (QED) is 0.899. The number of carbonyl (C=O) groups excluding carboxylic acids is 1. The Morgan fingerprint density at radius 1 is 1.19 bits per heavy atom. The summed E-state index contributed by atoms with van der Waals surface area (Å²) in [5.41, 5.74) is 1.79. The smallest absolute Gasteiger partial charge is 0.255 e. The van der Waals surface area contributed by atoms with Crippen molar-refractivity contribution in [3.63, 3.8) is 0 Å². The molecule has 0 bridgehead atoms. The summed E-state index contributed by atoms with van der Waals surface area (Å²) in [4.78, 5) is 19.4. The van der Waals surface area contributed by atoms with E-state index in [1.165, 1.54) is 0 Å². The molecule has 3 atom stereocenters. The maximum atomic E-state index is 13.2. The molecule has 2 aliphatic rings. The molecule has 0 spiro atoms. The van der Waals surface area contributed by atoms with Crippen LogP contribution in [0, 0.1) is 12.8 Å². The molecule has 4 heteroatoms. The highest BCUT2D eigenvalue weighted by molar-refractivity contribution is 5.95. The van der Waals surface area contributed by atoms with E-state index < -0.39 is 5.60 Å². The number of nitrogens with zero attached hydrogens (tertiary/aromatic N) is 2. The zero-order valence-electron chi connectivity index (χ0n) is 15.3. The van der Waals surface area contributed by atoms with Crippen LogP contribution in [0.4, 0.5) is 0 Å². The number of amides is 1. The minimum Gasteiger partial charge on any atom is -0.385 e. The van der Waals surface area contributed by atoms with Gasteiger partial charge in [-0.2, -0.15) is 0 Å². The molecule has 2 heterocycles. The van der Waals surface area contributed by atoms with Crippen LogP contribution in [-0.2, 0) is 5.60 Å². The van der Waals surface area contributed by atoms with E-state index in [4.69, 9.17) is 0 Å². The topological polar surface area (TPSA) is 53.4 Å². The van der Waals surface area contributed by atoms with Crippen LogP contribution < -0.4 is 0 Å². The number of fused-ring (bicyclic) bond motifs is 1. The predicted octanol–water partition coefficient (Wildman–Crippen LogP) is 3.68. The normalized spacial score (nSPS) is 28.5. The summed E-state index contributed by atoms with van der Waals surface area (Å²) < 4.78 is 0. The number of pyridine rings is 1. The minimum atomic E-state index is -0.840. The molecule has 1 aromatic heterocycles. The molecule has 1 saturated carbocycles. The third-order valence-corrected chi connectivity index (χ3v) is 6.28. The van der Waals surface area contributed by atoms with Gasteiger partial charge < -0.3 is 10.0 Å². The summed E-state index contributed by atoms with van der Waals surface area (Å²) in [7, 11) is 0. The van der Waals surface area contributed by atoms with Gasteiger partial charge in [0.2, 0.25) is 0 Å². The Kier molecular flexibility index (Phi) is 4.53. The Morgan fingerprint density at radius 2 is 1.96 bits per heavy atom. The zero-order chi connectivity index (χ0) is 18.1. The van der Waals surface area contributed by atoms with Crippen molar-refractivity contribution in [2.75, 3.05) is 6.54 Å². The molecule has 4 rings (SSSR count). The Hall–Kier alpha value is -2.20. The summed E-state index contributed by atoms with van der Waals surface area (Å²) >= 11 is 0. The van der Waals surface area contributed by atoms with Crippen LogP contribution in [0.2, 0.25) is 0 Å². The molecule has 2 aromatic rings. The number of hydrogen-bond acceptors (Lipinski definition) is 3. The fraction of sp³-hybridized carbons (Fsp3) is 0.455. The van der Waals surface area contributed by atoms with E-state index in [-0.39, 0.29) is 17.9 Å². The van der Waals surface area contributed by atoms with Gasteiger partial charge in [0.25, 0.3) is 5.91 Å². The molecular weight excluding hydrogens is 324 g/mol. The lowest BCUT2D eigenvalue weighted by Crippen LogP contribution is -2.59. The molecule has 1 amide bonds. The monoisotopic (exact) mass is 350 g/mol. The number of benzene rings is 1. The van der Waals surface area contributed by atoms with Crippen LogP contribution in [0.5, 0.6) is 0 Å². The molecule has 1 N–H and O–H groups in total. The van der Waals surface area contributed by atoms with E-state index in [0.29, 0.717) is 18.5 Å².